The fraction of sp³-hybridized carbons (Fsp3) is 0.600. The highest BCUT2D eigenvalue weighted by Gasteiger charge is 2.13. The van der Waals surface area contributed by atoms with Crippen molar-refractivity contribution in [1.82, 2.24) is 4.90 Å². The first kappa shape index (κ1) is 14.8. The van der Waals surface area contributed by atoms with E-state index in [1.165, 1.54) is 11.3 Å². The van der Waals surface area contributed by atoms with Gasteiger partial charge in [0.15, 0.2) is 0 Å². The number of anilines is 2. The molecule has 1 aromatic carbocycles. The number of para-hydroxylation sites is 1. The van der Waals surface area contributed by atoms with Gasteiger partial charge in [0, 0.05) is 19.6 Å². The predicted octanol–water partition coefficient (Wildman–Crippen LogP) is 2.60. The SMILES string of the molecule is Cc1cccc(N)c1N(CCN(C)C)CC(C)C. The van der Waals surface area contributed by atoms with E-state index in [1.54, 1.807) is 0 Å². The van der Waals surface area contributed by atoms with Crippen LogP contribution in [0.2, 0.25) is 0 Å². The van der Waals surface area contributed by atoms with Gasteiger partial charge in [-0.25, -0.2) is 0 Å². The van der Waals surface area contributed by atoms with E-state index >= 15 is 0 Å². The molecule has 0 aliphatic heterocycles. The summed E-state index contributed by atoms with van der Waals surface area (Å²) in [6.45, 7) is 9.73. The Bertz CT molecular complexity index is 352. The molecule has 3 nitrogen and oxygen atoms in total. The fourth-order valence-electron chi connectivity index (χ4n) is 2.17. The van der Waals surface area contributed by atoms with Crippen LogP contribution in [-0.2, 0) is 0 Å². The van der Waals surface area contributed by atoms with Crippen LogP contribution in [0.5, 0.6) is 0 Å². The lowest BCUT2D eigenvalue weighted by atomic mass is 10.1. The standard InChI is InChI=1S/C15H27N3/c1-12(2)11-18(10-9-17(4)5)15-13(3)7-6-8-14(15)16/h6-8,12H,9-11,16H2,1-5H3. The molecular weight excluding hydrogens is 222 g/mol. The molecule has 0 bridgehead atoms. The van der Waals surface area contributed by atoms with Gasteiger partial charge in [0.05, 0.1) is 11.4 Å². The fourth-order valence-corrected chi connectivity index (χ4v) is 2.17. The normalized spacial score (nSPS) is 11.3. The summed E-state index contributed by atoms with van der Waals surface area (Å²) in [4.78, 5) is 4.62. The smallest absolute Gasteiger partial charge is 0.0630 e. The third kappa shape index (κ3) is 4.22. The molecule has 18 heavy (non-hydrogen) atoms. The van der Waals surface area contributed by atoms with E-state index < -0.39 is 0 Å². The molecule has 0 unspecified atom stereocenters. The van der Waals surface area contributed by atoms with E-state index in [4.69, 9.17) is 5.73 Å². The third-order valence-corrected chi connectivity index (χ3v) is 2.99. The van der Waals surface area contributed by atoms with Crippen LogP contribution in [0, 0.1) is 12.8 Å². The van der Waals surface area contributed by atoms with Gasteiger partial charge in [-0.2, -0.15) is 0 Å². The van der Waals surface area contributed by atoms with Crippen molar-refractivity contribution >= 4 is 11.4 Å². The molecule has 0 fully saturated rings. The van der Waals surface area contributed by atoms with Crippen molar-refractivity contribution < 1.29 is 0 Å². The molecule has 1 rings (SSSR count). The lowest BCUT2D eigenvalue weighted by Crippen LogP contribution is -2.35. The first-order chi connectivity index (χ1) is 8.41. The molecule has 0 aliphatic carbocycles. The minimum Gasteiger partial charge on any atom is -0.397 e. The van der Waals surface area contributed by atoms with E-state index in [9.17, 15) is 0 Å². The zero-order chi connectivity index (χ0) is 13.7. The van der Waals surface area contributed by atoms with Crippen LogP contribution >= 0.6 is 0 Å². The maximum atomic E-state index is 6.15. The number of aryl methyl sites for hydroxylation is 1. The second kappa shape index (κ2) is 6.64. The van der Waals surface area contributed by atoms with E-state index in [0.717, 1.165) is 25.3 Å². The molecule has 0 radical (unpaired) electrons. The Morgan fingerprint density at radius 2 is 1.83 bits per heavy atom. The third-order valence-electron chi connectivity index (χ3n) is 2.99. The maximum Gasteiger partial charge on any atom is 0.0630 e. The topological polar surface area (TPSA) is 32.5 Å². The van der Waals surface area contributed by atoms with Gasteiger partial charge in [-0.05, 0) is 38.6 Å². The van der Waals surface area contributed by atoms with E-state index in [0.29, 0.717) is 5.92 Å². The molecule has 0 saturated carbocycles. The second-order valence-electron chi connectivity index (χ2n) is 5.66. The molecule has 0 aliphatic rings. The summed E-state index contributed by atoms with van der Waals surface area (Å²) >= 11 is 0. The molecule has 0 saturated heterocycles. The Morgan fingerprint density at radius 3 is 2.33 bits per heavy atom. The molecule has 0 atom stereocenters. The zero-order valence-corrected chi connectivity index (χ0v) is 12.4. The molecule has 0 aromatic heterocycles. The number of nitrogen functional groups attached to an aromatic ring is 1. The summed E-state index contributed by atoms with van der Waals surface area (Å²) in [5, 5.41) is 0. The van der Waals surface area contributed by atoms with Crippen molar-refractivity contribution in [3.63, 3.8) is 0 Å². The van der Waals surface area contributed by atoms with E-state index in [-0.39, 0.29) is 0 Å². The number of benzene rings is 1. The van der Waals surface area contributed by atoms with Crippen LogP contribution in [0.15, 0.2) is 18.2 Å². The predicted molar refractivity (Wildman–Crippen MR) is 81.2 cm³/mol. The molecular formula is C15H27N3. The number of hydrogen-bond acceptors (Lipinski definition) is 3. The monoisotopic (exact) mass is 249 g/mol. The Balaban J connectivity index is 2.93. The first-order valence-corrected chi connectivity index (χ1v) is 6.66. The van der Waals surface area contributed by atoms with Gasteiger partial charge in [-0.1, -0.05) is 26.0 Å². The average molecular weight is 249 g/mol. The van der Waals surface area contributed by atoms with Gasteiger partial charge in [-0.3, -0.25) is 0 Å². The number of likely N-dealkylation sites (N-methyl/N-ethyl adjacent to an activating group) is 1. The van der Waals surface area contributed by atoms with Gasteiger partial charge in [0.1, 0.15) is 0 Å². The average Bonchev–Trinajstić information content (AvgIpc) is 2.24. The molecule has 102 valence electrons. The Morgan fingerprint density at radius 1 is 1.17 bits per heavy atom. The van der Waals surface area contributed by atoms with Crippen molar-refractivity contribution in [3.05, 3.63) is 23.8 Å². The molecule has 1 aromatic rings. The summed E-state index contributed by atoms with van der Waals surface area (Å²) in [5.74, 6) is 0.631. The van der Waals surface area contributed by atoms with Gasteiger partial charge in [0.25, 0.3) is 0 Å². The molecule has 0 amide bonds. The van der Waals surface area contributed by atoms with Crippen molar-refractivity contribution in [2.24, 2.45) is 5.92 Å². The van der Waals surface area contributed by atoms with Crippen molar-refractivity contribution in [1.29, 1.82) is 0 Å². The van der Waals surface area contributed by atoms with Crippen LogP contribution in [0.1, 0.15) is 19.4 Å². The van der Waals surface area contributed by atoms with Crippen LogP contribution in [0.3, 0.4) is 0 Å². The number of nitrogens with two attached hydrogens (primary N) is 1. The Hall–Kier alpha value is -1.22. The van der Waals surface area contributed by atoms with Crippen molar-refractivity contribution in [2.45, 2.75) is 20.8 Å². The number of hydrogen-bond donors (Lipinski definition) is 1. The quantitative estimate of drug-likeness (QED) is 0.787. The second-order valence-corrected chi connectivity index (χ2v) is 5.66. The minimum atomic E-state index is 0.631. The van der Waals surface area contributed by atoms with Gasteiger partial charge >= 0.3 is 0 Å². The van der Waals surface area contributed by atoms with Gasteiger partial charge in [0.2, 0.25) is 0 Å². The summed E-state index contributed by atoms with van der Waals surface area (Å²) in [6.07, 6.45) is 0. The van der Waals surface area contributed by atoms with Crippen LogP contribution in [-0.4, -0.2) is 38.6 Å². The summed E-state index contributed by atoms with van der Waals surface area (Å²) in [5.41, 5.74) is 9.49. The molecule has 0 spiro atoms. The van der Waals surface area contributed by atoms with Gasteiger partial charge < -0.3 is 15.5 Å². The Labute approximate surface area is 112 Å². The lowest BCUT2D eigenvalue weighted by Gasteiger charge is -2.30. The van der Waals surface area contributed by atoms with Crippen LogP contribution in [0.25, 0.3) is 0 Å². The summed E-state index contributed by atoms with van der Waals surface area (Å²) in [6, 6.07) is 6.15. The van der Waals surface area contributed by atoms with Gasteiger partial charge in [-0.15, -0.1) is 0 Å². The van der Waals surface area contributed by atoms with Crippen molar-refractivity contribution in [3.8, 4) is 0 Å². The largest absolute Gasteiger partial charge is 0.397 e. The van der Waals surface area contributed by atoms with Crippen LogP contribution in [0.4, 0.5) is 11.4 Å². The van der Waals surface area contributed by atoms with Crippen LogP contribution < -0.4 is 10.6 Å². The highest BCUT2D eigenvalue weighted by molar-refractivity contribution is 5.71. The lowest BCUT2D eigenvalue weighted by molar-refractivity contribution is 0.409. The highest BCUT2D eigenvalue weighted by atomic mass is 15.2. The van der Waals surface area contributed by atoms with E-state index in [1.807, 2.05) is 12.1 Å². The summed E-state index contributed by atoms with van der Waals surface area (Å²) in [7, 11) is 4.21. The van der Waals surface area contributed by atoms with E-state index in [2.05, 4.69) is 50.7 Å². The maximum absolute atomic E-state index is 6.15. The summed E-state index contributed by atoms with van der Waals surface area (Å²) < 4.78 is 0. The highest BCUT2D eigenvalue weighted by Crippen LogP contribution is 2.27. The number of rotatable bonds is 6. The molecule has 0 heterocycles. The Kier molecular flexibility index (Phi) is 5.48. The molecule has 3 heteroatoms. The zero-order valence-electron chi connectivity index (χ0n) is 12.4. The van der Waals surface area contributed by atoms with Crippen molar-refractivity contribution in [2.75, 3.05) is 44.4 Å². The molecule has 2 N–H and O–H groups in total. The first-order valence-electron chi connectivity index (χ1n) is 6.66. The minimum absolute atomic E-state index is 0.631. The number of nitrogens with zero attached hydrogens (tertiary/aromatic N) is 2.